The predicted octanol–water partition coefficient (Wildman–Crippen LogP) is 2.74. The van der Waals surface area contributed by atoms with Crippen molar-refractivity contribution in [2.75, 3.05) is 19.7 Å². The Morgan fingerprint density at radius 3 is 2.94 bits per heavy atom. The number of nitro groups is 1. The molecule has 0 amide bonds. The van der Waals surface area contributed by atoms with Crippen molar-refractivity contribution in [3.05, 3.63) is 32.8 Å². The molecule has 0 fully saturated rings. The summed E-state index contributed by atoms with van der Waals surface area (Å²) in [6, 6.07) is 4.78. The van der Waals surface area contributed by atoms with Crippen LogP contribution in [0.1, 0.15) is 13.3 Å². The summed E-state index contributed by atoms with van der Waals surface area (Å²) >= 11 is 3.25. The first-order valence-corrected chi connectivity index (χ1v) is 6.22. The van der Waals surface area contributed by atoms with Gasteiger partial charge in [0, 0.05) is 6.07 Å². The molecule has 0 aliphatic rings. The molecule has 1 aromatic carbocycles. The molecule has 1 aromatic rings. The highest BCUT2D eigenvalue weighted by Crippen LogP contribution is 2.34. The monoisotopic (exact) mass is 302 g/mol. The van der Waals surface area contributed by atoms with Crippen LogP contribution in [0.5, 0.6) is 5.75 Å². The van der Waals surface area contributed by atoms with Crippen LogP contribution in [0, 0.1) is 10.1 Å². The van der Waals surface area contributed by atoms with E-state index in [1.165, 1.54) is 6.07 Å². The third kappa shape index (κ3) is 4.32. The molecule has 0 aliphatic carbocycles. The van der Waals surface area contributed by atoms with E-state index < -0.39 is 4.92 Å². The third-order valence-electron chi connectivity index (χ3n) is 2.14. The van der Waals surface area contributed by atoms with Crippen LogP contribution >= 0.6 is 15.9 Å². The van der Waals surface area contributed by atoms with Gasteiger partial charge in [-0.15, -0.1) is 0 Å². The second kappa shape index (κ2) is 7.24. The summed E-state index contributed by atoms with van der Waals surface area (Å²) in [6.45, 7) is 4.24. The van der Waals surface area contributed by atoms with Crippen LogP contribution in [0.15, 0.2) is 22.7 Å². The number of para-hydroxylation sites is 1. The molecule has 6 heteroatoms. The average Bonchev–Trinajstić information content (AvgIpc) is 2.30. The van der Waals surface area contributed by atoms with Crippen molar-refractivity contribution in [1.29, 1.82) is 0 Å². The quantitative estimate of drug-likeness (QED) is 0.478. The van der Waals surface area contributed by atoms with E-state index in [-0.39, 0.29) is 5.69 Å². The number of nitrogens with zero attached hydrogens (tertiary/aromatic N) is 1. The minimum atomic E-state index is -0.440. The molecule has 1 rings (SSSR count). The number of ether oxygens (including phenoxy) is 1. The largest absolute Gasteiger partial charge is 0.486 e. The first-order chi connectivity index (χ1) is 8.16. The van der Waals surface area contributed by atoms with Crippen LogP contribution in [-0.4, -0.2) is 24.6 Å². The third-order valence-corrected chi connectivity index (χ3v) is 2.76. The molecule has 0 saturated carbocycles. The molecule has 1 N–H and O–H groups in total. The van der Waals surface area contributed by atoms with Crippen LogP contribution in [0.4, 0.5) is 5.69 Å². The lowest BCUT2D eigenvalue weighted by Crippen LogP contribution is -2.16. The molecule has 0 aromatic heterocycles. The molecule has 0 aliphatic heterocycles. The Morgan fingerprint density at radius 2 is 2.29 bits per heavy atom. The van der Waals surface area contributed by atoms with Crippen LogP contribution in [-0.2, 0) is 0 Å². The van der Waals surface area contributed by atoms with Crippen LogP contribution < -0.4 is 10.1 Å². The Labute approximate surface area is 108 Å². The lowest BCUT2D eigenvalue weighted by molar-refractivity contribution is -0.386. The number of halogens is 1. The van der Waals surface area contributed by atoms with Gasteiger partial charge in [-0.3, -0.25) is 10.1 Å². The minimum Gasteiger partial charge on any atom is -0.486 e. The van der Waals surface area contributed by atoms with Crippen molar-refractivity contribution in [3.8, 4) is 5.75 Å². The number of rotatable bonds is 7. The van der Waals surface area contributed by atoms with E-state index in [0.29, 0.717) is 16.8 Å². The van der Waals surface area contributed by atoms with Gasteiger partial charge in [0.05, 0.1) is 16.0 Å². The van der Waals surface area contributed by atoms with Gasteiger partial charge in [-0.1, -0.05) is 13.0 Å². The predicted molar refractivity (Wildman–Crippen MR) is 69.5 cm³/mol. The van der Waals surface area contributed by atoms with Gasteiger partial charge in [0.15, 0.2) is 0 Å². The Bertz CT molecular complexity index is 385. The van der Waals surface area contributed by atoms with E-state index in [4.69, 9.17) is 4.74 Å². The maximum absolute atomic E-state index is 10.8. The van der Waals surface area contributed by atoms with Crippen molar-refractivity contribution < 1.29 is 9.66 Å². The van der Waals surface area contributed by atoms with E-state index in [1.807, 2.05) is 6.92 Å². The van der Waals surface area contributed by atoms with Gasteiger partial charge in [-0.25, -0.2) is 0 Å². The van der Waals surface area contributed by atoms with Crippen LogP contribution in [0.2, 0.25) is 0 Å². The highest BCUT2D eigenvalue weighted by Gasteiger charge is 2.17. The van der Waals surface area contributed by atoms with Crippen molar-refractivity contribution in [1.82, 2.24) is 5.32 Å². The van der Waals surface area contributed by atoms with Crippen molar-refractivity contribution in [3.63, 3.8) is 0 Å². The van der Waals surface area contributed by atoms with Gasteiger partial charge >= 0.3 is 5.69 Å². The van der Waals surface area contributed by atoms with E-state index in [9.17, 15) is 10.1 Å². The molecule has 5 nitrogen and oxygen atoms in total. The molecule has 94 valence electrons. The number of hydrogen-bond donors (Lipinski definition) is 1. The molecule has 0 heterocycles. The summed E-state index contributed by atoms with van der Waals surface area (Å²) in [6.07, 6.45) is 0.812. The van der Waals surface area contributed by atoms with E-state index in [2.05, 4.69) is 21.2 Å². The molecule has 0 bridgehead atoms. The van der Waals surface area contributed by atoms with Crippen LogP contribution in [0.25, 0.3) is 0 Å². The molecule has 0 radical (unpaired) electrons. The zero-order valence-electron chi connectivity index (χ0n) is 9.61. The van der Waals surface area contributed by atoms with E-state index in [0.717, 1.165) is 19.5 Å². The maximum atomic E-state index is 10.8. The van der Waals surface area contributed by atoms with Gasteiger partial charge in [0.1, 0.15) is 0 Å². The van der Waals surface area contributed by atoms with E-state index in [1.54, 1.807) is 12.1 Å². The summed E-state index contributed by atoms with van der Waals surface area (Å²) in [5.74, 6) is 0.300. The van der Waals surface area contributed by atoms with Crippen molar-refractivity contribution in [2.45, 2.75) is 13.3 Å². The Morgan fingerprint density at radius 1 is 1.53 bits per heavy atom. The average molecular weight is 303 g/mol. The molecule has 0 saturated heterocycles. The van der Waals surface area contributed by atoms with Gasteiger partial charge in [-0.2, -0.15) is 0 Å². The smallest absolute Gasteiger partial charge is 0.312 e. The number of nitrogens with one attached hydrogen (secondary N) is 1. The summed E-state index contributed by atoms with van der Waals surface area (Å²) in [7, 11) is 0. The Kier molecular flexibility index (Phi) is 5.93. The summed E-state index contributed by atoms with van der Waals surface area (Å²) in [5.41, 5.74) is -0.0113. The molecular formula is C11H15BrN2O3. The van der Waals surface area contributed by atoms with Crippen molar-refractivity contribution in [2.24, 2.45) is 0 Å². The first kappa shape index (κ1) is 13.9. The SMILES string of the molecule is CCNCCCOc1c(Br)cccc1[N+](=O)[O-]. The second-order valence-corrected chi connectivity index (χ2v) is 4.26. The molecule has 17 heavy (non-hydrogen) atoms. The fraction of sp³-hybridized carbons (Fsp3) is 0.455. The number of benzene rings is 1. The van der Waals surface area contributed by atoms with Crippen LogP contribution in [0.3, 0.4) is 0 Å². The lowest BCUT2D eigenvalue weighted by atomic mass is 10.3. The summed E-state index contributed by atoms with van der Waals surface area (Å²) < 4.78 is 6.05. The molecule has 0 atom stereocenters. The van der Waals surface area contributed by atoms with Gasteiger partial charge in [-0.05, 0) is 41.5 Å². The summed E-state index contributed by atoms with van der Waals surface area (Å²) in [4.78, 5) is 10.4. The highest BCUT2D eigenvalue weighted by atomic mass is 79.9. The fourth-order valence-electron chi connectivity index (χ4n) is 1.33. The zero-order chi connectivity index (χ0) is 12.7. The fourth-order valence-corrected chi connectivity index (χ4v) is 1.80. The zero-order valence-corrected chi connectivity index (χ0v) is 11.2. The van der Waals surface area contributed by atoms with Gasteiger partial charge in [0.2, 0.25) is 5.75 Å². The van der Waals surface area contributed by atoms with Crippen molar-refractivity contribution >= 4 is 21.6 Å². The first-order valence-electron chi connectivity index (χ1n) is 5.43. The lowest BCUT2D eigenvalue weighted by Gasteiger charge is -2.08. The maximum Gasteiger partial charge on any atom is 0.312 e. The Balaban J connectivity index is 2.60. The normalized spacial score (nSPS) is 10.2. The number of hydrogen-bond acceptors (Lipinski definition) is 4. The topological polar surface area (TPSA) is 64.4 Å². The van der Waals surface area contributed by atoms with Gasteiger partial charge < -0.3 is 10.1 Å². The molecule has 0 unspecified atom stereocenters. The Hall–Kier alpha value is -1.14. The second-order valence-electron chi connectivity index (χ2n) is 3.40. The minimum absolute atomic E-state index is 0.0113. The summed E-state index contributed by atoms with van der Waals surface area (Å²) in [5, 5.41) is 14.0. The number of nitro benzene ring substituents is 1. The standard InChI is InChI=1S/C11H15BrN2O3/c1-2-13-7-4-8-17-11-9(12)5-3-6-10(11)14(15)16/h3,5-6,13H,2,4,7-8H2,1H3. The highest BCUT2D eigenvalue weighted by molar-refractivity contribution is 9.10. The van der Waals surface area contributed by atoms with Gasteiger partial charge in [0.25, 0.3) is 0 Å². The molecule has 0 spiro atoms. The molecular weight excluding hydrogens is 288 g/mol. The van der Waals surface area contributed by atoms with E-state index >= 15 is 0 Å².